The van der Waals surface area contributed by atoms with E-state index in [0.717, 1.165) is 31.1 Å². The van der Waals surface area contributed by atoms with Crippen molar-refractivity contribution in [1.29, 1.82) is 0 Å². The number of hydrogen-bond acceptors (Lipinski definition) is 2. The molecule has 0 bridgehead atoms. The van der Waals surface area contributed by atoms with Crippen LogP contribution in [0.1, 0.15) is 54.4 Å². The summed E-state index contributed by atoms with van der Waals surface area (Å²) in [6.45, 7) is 13.9. The Kier molecular flexibility index (Phi) is 5.51. The molecule has 0 saturated heterocycles. The molecule has 1 aliphatic carbocycles. The van der Waals surface area contributed by atoms with E-state index in [4.69, 9.17) is 9.47 Å². The lowest BCUT2D eigenvalue weighted by atomic mass is 9.81. The molecule has 0 aromatic heterocycles. The van der Waals surface area contributed by atoms with Crippen molar-refractivity contribution in [3.05, 3.63) is 11.3 Å². The summed E-state index contributed by atoms with van der Waals surface area (Å²) >= 11 is 0. The molecule has 0 radical (unpaired) electrons. The number of rotatable bonds is 5. The third kappa shape index (κ3) is 4.71. The highest BCUT2D eigenvalue weighted by molar-refractivity contribution is 5.11. The van der Waals surface area contributed by atoms with Crippen molar-refractivity contribution in [2.75, 3.05) is 6.61 Å². The van der Waals surface area contributed by atoms with Crippen LogP contribution in [0.2, 0.25) is 0 Å². The molecule has 17 heavy (non-hydrogen) atoms. The van der Waals surface area contributed by atoms with Crippen LogP contribution in [0.3, 0.4) is 0 Å². The highest BCUT2D eigenvalue weighted by atomic mass is 16.7. The largest absolute Gasteiger partial charge is 0.470 e. The fourth-order valence-electron chi connectivity index (χ4n) is 2.18. The van der Waals surface area contributed by atoms with E-state index in [2.05, 4.69) is 34.6 Å². The first-order valence-corrected chi connectivity index (χ1v) is 6.87. The van der Waals surface area contributed by atoms with Crippen molar-refractivity contribution in [3.8, 4) is 0 Å². The van der Waals surface area contributed by atoms with Gasteiger partial charge in [0.2, 0.25) is 0 Å². The maximum absolute atomic E-state index is 5.93. The third-order valence-corrected chi connectivity index (χ3v) is 3.56. The van der Waals surface area contributed by atoms with Gasteiger partial charge >= 0.3 is 0 Å². The van der Waals surface area contributed by atoms with Crippen molar-refractivity contribution in [1.82, 2.24) is 0 Å². The molecule has 0 saturated carbocycles. The van der Waals surface area contributed by atoms with Crippen LogP contribution in [-0.2, 0) is 9.47 Å². The highest BCUT2D eigenvalue weighted by Crippen LogP contribution is 2.34. The SMILES string of the molecule is CC1=C(OC(C)OCC(C)C)CC(C)C(C)C1. The maximum atomic E-state index is 5.93. The molecule has 100 valence electrons. The monoisotopic (exact) mass is 240 g/mol. The molecule has 0 fully saturated rings. The summed E-state index contributed by atoms with van der Waals surface area (Å²) in [6.07, 6.45) is 2.10. The molecular weight excluding hydrogens is 212 g/mol. The second kappa shape index (κ2) is 6.44. The van der Waals surface area contributed by atoms with Crippen LogP contribution in [0.25, 0.3) is 0 Å². The van der Waals surface area contributed by atoms with Crippen LogP contribution in [0, 0.1) is 17.8 Å². The van der Waals surface area contributed by atoms with Crippen LogP contribution in [0.5, 0.6) is 0 Å². The van der Waals surface area contributed by atoms with Crippen molar-refractivity contribution < 1.29 is 9.47 Å². The van der Waals surface area contributed by atoms with Crippen molar-refractivity contribution >= 4 is 0 Å². The molecule has 0 aromatic rings. The predicted octanol–water partition coefficient (Wildman–Crippen LogP) is 4.36. The number of allylic oxidation sites excluding steroid dienone is 2. The van der Waals surface area contributed by atoms with Crippen molar-refractivity contribution in [2.24, 2.45) is 17.8 Å². The molecule has 0 heterocycles. The van der Waals surface area contributed by atoms with Crippen LogP contribution < -0.4 is 0 Å². The summed E-state index contributed by atoms with van der Waals surface area (Å²) in [5, 5.41) is 0. The van der Waals surface area contributed by atoms with E-state index in [-0.39, 0.29) is 6.29 Å². The van der Waals surface area contributed by atoms with Gasteiger partial charge in [-0.15, -0.1) is 0 Å². The quantitative estimate of drug-likeness (QED) is 0.665. The summed E-state index contributed by atoms with van der Waals surface area (Å²) in [7, 11) is 0. The van der Waals surface area contributed by atoms with E-state index in [0.29, 0.717) is 11.8 Å². The summed E-state index contributed by atoms with van der Waals surface area (Å²) < 4.78 is 11.6. The van der Waals surface area contributed by atoms with E-state index < -0.39 is 0 Å². The molecule has 3 unspecified atom stereocenters. The minimum absolute atomic E-state index is 0.122. The molecule has 2 heteroatoms. The summed E-state index contributed by atoms with van der Waals surface area (Å²) in [5.41, 5.74) is 1.40. The molecule has 1 rings (SSSR count). The van der Waals surface area contributed by atoms with Crippen LogP contribution in [0.4, 0.5) is 0 Å². The lowest BCUT2D eigenvalue weighted by molar-refractivity contribution is -0.116. The van der Waals surface area contributed by atoms with E-state index in [1.165, 1.54) is 5.57 Å². The Balaban J connectivity index is 2.47. The van der Waals surface area contributed by atoms with E-state index >= 15 is 0 Å². The molecule has 0 N–H and O–H groups in total. The summed E-state index contributed by atoms with van der Waals surface area (Å²) in [4.78, 5) is 0. The minimum Gasteiger partial charge on any atom is -0.470 e. The normalized spacial score (nSPS) is 27.5. The number of hydrogen-bond donors (Lipinski definition) is 0. The molecular formula is C15H28O2. The first kappa shape index (κ1) is 14.6. The third-order valence-electron chi connectivity index (χ3n) is 3.56. The molecule has 0 spiro atoms. The first-order valence-electron chi connectivity index (χ1n) is 6.87. The zero-order valence-electron chi connectivity index (χ0n) is 12.2. The Morgan fingerprint density at radius 2 is 1.71 bits per heavy atom. The second-order valence-corrected chi connectivity index (χ2v) is 5.98. The van der Waals surface area contributed by atoms with Gasteiger partial charge in [0, 0.05) is 6.42 Å². The summed E-state index contributed by atoms with van der Waals surface area (Å²) in [5.74, 6) is 3.20. The predicted molar refractivity (Wildman–Crippen MR) is 71.6 cm³/mol. The van der Waals surface area contributed by atoms with Gasteiger partial charge in [-0.05, 0) is 43.6 Å². The average Bonchev–Trinajstić information content (AvgIpc) is 2.23. The first-order chi connectivity index (χ1) is 7.90. The lowest BCUT2D eigenvalue weighted by Gasteiger charge is -2.30. The van der Waals surface area contributed by atoms with Crippen LogP contribution >= 0.6 is 0 Å². The van der Waals surface area contributed by atoms with Gasteiger partial charge in [-0.2, -0.15) is 0 Å². The van der Waals surface area contributed by atoms with Gasteiger partial charge in [0.25, 0.3) is 0 Å². The van der Waals surface area contributed by atoms with E-state index in [9.17, 15) is 0 Å². The van der Waals surface area contributed by atoms with Gasteiger partial charge in [-0.25, -0.2) is 0 Å². The van der Waals surface area contributed by atoms with Gasteiger partial charge in [-0.3, -0.25) is 0 Å². The van der Waals surface area contributed by atoms with E-state index in [1.807, 2.05) is 6.92 Å². The summed E-state index contributed by atoms with van der Waals surface area (Å²) in [6, 6.07) is 0. The minimum atomic E-state index is -0.122. The molecule has 2 nitrogen and oxygen atoms in total. The van der Waals surface area contributed by atoms with Gasteiger partial charge in [0.05, 0.1) is 12.4 Å². The van der Waals surface area contributed by atoms with E-state index in [1.54, 1.807) is 0 Å². The maximum Gasteiger partial charge on any atom is 0.196 e. The Hall–Kier alpha value is -0.500. The molecule has 0 aromatic carbocycles. The molecule has 0 amide bonds. The smallest absolute Gasteiger partial charge is 0.196 e. The average molecular weight is 240 g/mol. The van der Waals surface area contributed by atoms with Crippen LogP contribution in [0.15, 0.2) is 11.3 Å². The Morgan fingerprint density at radius 3 is 2.29 bits per heavy atom. The topological polar surface area (TPSA) is 18.5 Å². The zero-order valence-corrected chi connectivity index (χ0v) is 12.2. The molecule has 1 aliphatic rings. The standard InChI is InChI=1S/C15H28O2/c1-10(2)9-16-14(6)17-15-8-12(4)11(3)7-13(15)5/h10-12,14H,7-9H2,1-6H3. The fourth-order valence-corrected chi connectivity index (χ4v) is 2.18. The Morgan fingerprint density at radius 1 is 1.12 bits per heavy atom. The fraction of sp³-hybridized carbons (Fsp3) is 0.867. The van der Waals surface area contributed by atoms with Gasteiger partial charge < -0.3 is 9.47 Å². The Bertz CT molecular complexity index is 268. The van der Waals surface area contributed by atoms with Crippen LogP contribution in [-0.4, -0.2) is 12.9 Å². The Labute approximate surface area is 106 Å². The zero-order chi connectivity index (χ0) is 13.0. The van der Waals surface area contributed by atoms with Crippen molar-refractivity contribution in [3.63, 3.8) is 0 Å². The molecule has 0 aliphatic heterocycles. The highest BCUT2D eigenvalue weighted by Gasteiger charge is 2.24. The van der Waals surface area contributed by atoms with Gasteiger partial charge in [-0.1, -0.05) is 27.7 Å². The van der Waals surface area contributed by atoms with Gasteiger partial charge in [0.1, 0.15) is 0 Å². The lowest BCUT2D eigenvalue weighted by Crippen LogP contribution is -2.22. The van der Waals surface area contributed by atoms with Gasteiger partial charge in [0.15, 0.2) is 6.29 Å². The number of ether oxygens (including phenoxy) is 2. The second-order valence-electron chi connectivity index (χ2n) is 5.98. The molecule has 3 atom stereocenters. The van der Waals surface area contributed by atoms with Crippen molar-refractivity contribution in [2.45, 2.75) is 60.7 Å².